The van der Waals surface area contributed by atoms with Crippen LogP contribution in [0.1, 0.15) is 6.92 Å². The van der Waals surface area contributed by atoms with Gasteiger partial charge in [-0.15, -0.1) is 10.2 Å². The summed E-state index contributed by atoms with van der Waals surface area (Å²) in [4.78, 5) is 6.59. The lowest BCUT2D eigenvalue weighted by Crippen LogP contribution is -2.48. The summed E-state index contributed by atoms with van der Waals surface area (Å²) in [6, 6.07) is 16.0. The molecule has 0 N–H and O–H groups in total. The molecule has 1 fully saturated rings. The maximum absolute atomic E-state index is 12.9. The minimum atomic E-state index is -3.54. The van der Waals surface area contributed by atoms with Gasteiger partial charge in [-0.2, -0.15) is 4.31 Å². The van der Waals surface area contributed by atoms with E-state index in [1.54, 1.807) is 30.5 Å². The van der Waals surface area contributed by atoms with Crippen molar-refractivity contribution in [3.63, 3.8) is 0 Å². The van der Waals surface area contributed by atoms with Gasteiger partial charge < -0.3 is 9.64 Å². The number of nitrogens with zero attached hydrogens (tertiary/aromatic N) is 5. The summed E-state index contributed by atoms with van der Waals surface area (Å²) in [6.45, 7) is 4.31. The van der Waals surface area contributed by atoms with Gasteiger partial charge in [-0.1, -0.05) is 6.07 Å². The molecule has 3 aromatic rings. The Labute approximate surface area is 176 Å². The van der Waals surface area contributed by atoms with E-state index < -0.39 is 10.0 Å². The summed E-state index contributed by atoms with van der Waals surface area (Å²) in [6.07, 6.45) is 1.72. The summed E-state index contributed by atoms with van der Waals surface area (Å²) in [5.74, 6) is 1.39. The van der Waals surface area contributed by atoms with E-state index in [4.69, 9.17) is 4.74 Å². The van der Waals surface area contributed by atoms with E-state index in [9.17, 15) is 8.42 Å². The van der Waals surface area contributed by atoms with Crippen molar-refractivity contribution < 1.29 is 13.2 Å². The van der Waals surface area contributed by atoms with Crippen LogP contribution in [0.2, 0.25) is 0 Å². The summed E-state index contributed by atoms with van der Waals surface area (Å²) < 4.78 is 32.8. The SMILES string of the molecule is CCOc1ccc(S(=O)(=O)N2CCN(c3ccc(-c4ccccn4)nn3)CC2)cc1. The summed E-state index contributed by atoms with van der Waals surface area (Å²) >= 11 is 0. The third kappa shape index (κ3) is 4.27. The van der Waals surface area contributed by atoms with Crippen LogP contribution in [0.15, 0.2) is 65.7 Å². The number of hydrogen-bond donors (Lipinski definition) is 0. The molecule has 1 aromatic carbocycles. The number of aromatic nitrogens is 3. The number of ether oxygens (including phenoxy) is 1. The van der Waals surface area contributed by atoms with E-state index in [1.807, 2.05) is 42.2 Å². The van der Waals surface area contributed by atoms with E-state index >= 15 is 0 Å². The summed E-state index contributed by atoms with van der Waals surface area (Å²) in [7, 11) is -3.54. The van der Waals surface area contributed by atoms with Gasteiger partial charge in [0.2, 0.25) is 10.0 Å². The first-order valence-electron chi connectivity index (χ1n) is 9.81. The Morgan fingerprint density at radius 1 is 0.900 bits per heavy atom. The van der Waals surface area contributed by atoms with Crippen LogP contribution in [-0.2, 0) is 10.0 Å². The first kappa shape index (κ1) is 20.2. The monoisotopic (exact) mass is 425 g/mol. The molecule has 2 aromatic heterocycles. The van der Waals surface area contributed by atoms with Crippen molar-refractivity contribution in [1.29, 1.82) is 0 Å². The second-order valence-corrected chi connectivity index (χ2v) is 8.73. The van der Waals surface area contributed by atoms with Gasteiger partial charge in [0.1, 0.15) is 11.4 Å². The molecule has 0 atom stereocenters. The average Bonchev–Trinajstić information content (AvgIpc) is 2.80. The first-order chi connectivity index (χ1) is 14.6. The Bertz CT molecular complexity index is 1070. The molecule has 30 heavy (non-hydrogen) atoms. The number of rotatable bonds is 6. The molecule has 0 bridgehead atoms. The smallest absolute Gasteiger partial charge is 0.243 e. The van der Waals surface area contributed by atoms with Crippen molar-refractivity contribution in [3.05, 3.63) is 60.8 Å². The zero-order chi connectivity index (χ0) is 21.0. The lowest BCUT2D eigenvalue weighted by molar-refractivity contribution is 0.340. The normalized spacial score (nSPS) is 15.2. The Hall–Kier alpha value is -3.04. The van der Waals surface area contributed by atoms with Crippen LogP contribution in [0, 0.1) is 0 Å². The van der Waals surface area contributed by atoms with Gasteiger partial charge in [0, 0.05) is 32.4 Å². The van der Waals surface area contributed by atoms with E-state index in [0.717, 1.165) is 11.5 Å². The third-order valence-electron chi connectivity index (χ3n) is 4.91. The number of hydrogen-bond acceptors (Lipinski definition) is 7. The van der Waals surface area contributed by atoms with Crippen LogP contribution >= 0.6 is 0 Å². The highest BCUT2D eigenvalue weighted by Crippen LogP contribution is 2.23. The van der Waals surface area contributed by atoms with Crippen LogP contribution in [0.4, 0.5) is 5.82 Å². The number of sulfonamides is 1. The molecule has 1 saturated heterocycles. The van der Waals surface area contributed by atoms with Crippen LogP contribution in [-0.4, -0.2) is 60.7 Å². The highest BCUT2D eigenvalue weighted by molar-refractivity contribution is 7.89. The van der Waals surface area contributed by atoms with Gasteiger partial charge in [0.25, 0.3) is 0 Å². The molecule has 0 spiro atoms. The van der Waals surface area contributed by atoms with Crippen LogP contribution < -0.4 is 9.64 Å². The molecule has 3 heterocycles. The van der Waals surface area contributed by atoms with Gasteiger partial charge in [0.15, 0.2) is 5.82 Å². The van der Waals surface area contributed by atoms with Crippen LogP contribution in [0.3, 0.4) is 0 Å². The van der Waals surface area contributed by atoms with Gasteiger partial charge in [-0.3, -0.25) is 4.98 Å². The average molecular weight is 426 g/mol. The largest absolute Gasteiger partial charge is 0.494 e. The van der Waals surface area contributed by atoms with Gasteiger partial charge >= 0.3 is 0 Å². The highest BCUT2D eigenvalue weighted by atomic mass is 32.2. The molecule has 0 aliphatic carbocycles. The molecule has 0 unspecified atom stereocenters. The predicted molar refractivity (Wildman–Crippen MR) is 114 cm³/mol. The van der Waals surface area contributed by atoms with E-state index in [-0.39, 0.29) is 4.90 Å². The fourth-order valence-electron chi connectivity index (χ4n) is 3.33. The molecule has 1 aliphatic rings. The zero-order valence-corrected chi connectivity index (χ0v) is 17.5. The number of pyridine rings is 1. The van der Waals surface area contributed by atoms with E-state index in [1.165, 1.54) is 4.31 Å². The van der Waals surface area contributed by atoms with Crippen molar-refractivity contribution >= 4 is 15.8 Å². The molecular formula is C21H23N5O3S. The zero-order valence-electron chi connectivity index (χ0n) is 16.7. The minimum absolute atomic E-state index is 0.277. The van der Waals surface area contributed by atoms with Crippen molar-refractivity contribution in [2.24, 2.45) is 0 Å². The van der Waals surface area contributed by atoms with Gasteiger partial charge in [0.05, 0.1) is 17.2 Å². The molecule has 156 valence electrons. The Morgan fingerprint density at radius 2 is 1.67 bits per heavy atom. The molecule has 8 nitrogen and oxygen atoms in total. The maximum atomic E-state index is 12.9. The van der Waals surface area contributed by atoms with E-state index in [2.05, 4.69) is 15.2 Å². The molecule has 4 rings (SSSR count). The summed E-state index contributed by atoms with van der Waals surface area (Å²) in [5.41, 5.74) is 1.47. The van der Waals surface area contributed by atoms with Gasteiger partial charge in [-0.25, -0.2) is 8.42 Å². The van der Waals surface area contributed by atoms with Crippen molar-refractivity contribution in [3.8, 4) is 17.1 Å². The van der Waals surface area contributed by atoms with Crippen molar-refractivity contribution in [2.75, 3.05) is 37.7 Å². The Kier molecular flexibility index (Phi) is 5.91. The number of benzene rings is 1. The topological polar surface area (TPSA) is 88.5 Å². The molecule has 0 amide bonds. The summed E-state index contributed by atoms with van der Waals surface area (Å²) in [5, 5.41) is 8.57. The van der Waals surface area contributed by atoms with Crippen LogP contribution in [0.5, 0.6) is 5.75 Å². The minimum Gasteiger partial charge on any atom is -0.494 e. The first-order valence-corrected chi connectivity index (χ1v) is 11.2. The molecule has 0 saturated carbocycles. The second kappa shape index (κ2) is 8.76. The highest BCUT2D eigenvalue weighted by Gasteiger charge is 2.29. The quantitative estimate of drug-likeness (QED) is 0.599. The lowest BCUT2D eigenvalue weighted by atomic mass is 10.2. The van der Waals surface area contributed by atoms with Crippen molar-refractivity contribution in [2.45, 2.75) is 11.8 Å². The fraction of sp³-hybridized carbons (Fsp3) is 0.286. The fourth-order valence-corrected chi connectivity index (χ4v) is 4.75. The number of anilines is 1. The second-order valence-electron chi connectivity index (χ2n) is 6.79. The molecule has 9 heteroatoms. The van der Waals surface area contributed by atoms with E-state index in [0.29, 0.717) is 44.2 Å². The standard InChI is InChI=1S/C21H23N5O3S/c1-2-29-17-6-8-18(9-7-17)30(27,28)26-15-13-25(14-16-26)21-11-10-20(23-24-21)19-5-3-4-12-22-19/h3-12H,2,13-16H2,1H3. The maximum Gasteiger partial charge on any atom is 0.243 e. The lowest BCUT2D eigenvalue weighted by Gasteiger charge is -2.34. The third-order valence-corrected chi connectivity index (χ3v) is 6.83. The van der Waals surface area contributed by atoms with Crippen molar-refractivity contribution in [1.82, 2.24) is 19.5 Å². The molecule has 1 aliphatic heterocycles. The molecular weight excluding hydrogens is 402 g/mol. The predicted octanol–water partition coefficient (Wildman–Crippen LogP) is 2.45. The Balaban J connectivity index is 1.40. The molecule has 0 radical (unpaired) electrons. The number of piperazine rings is 1. The van der Waals surface area contributed by atoms with Crippen LogP contribution in [0.25, 0.3) is 11.4 Å². The van der Waals surface area contributed by atoms with Gasteiger partial charge in [-0.05, 0) is 55.5 Å². The Morgan fingerprint density at radius 3 is 2.27 bits per heavy atom.